The van der Waals surface area contributed by atoms with Crippen LogP contribution >= 0.6 is 34.7 Å². The molecule has 1 aromatic heterocycles. The van der Waals surface area contributed by atoms with E-state index in [9.17, 15) is 0 Å². The van der Waals surface area contributed by atoms with Gasteiger partial charge in [0.05, 0.1) is 15.8 Å². The Bertz CT molecular complexity index is 836. The molecule has 0 aliphatic heterocycles. The maximum atomic E-state index is 9.12. The van der Waals surface area contributed by atoms with Gasteiger partial charge in [0.2, 0.25) is 0 Å². The van der Waals surface area contributed by atoms with Crippen LogP contribution in [0.15, 0.2) is 45.6 Å². The van der Waals surface area contributed by atoms with Crippen molar-refractivity contribution >= 4 is 50.6 Å². The van der Waals surface area contributed by atoms with Gasteiger partial charge in [-0.1, -0.05) is 23.4 Å². The van der Waals surface area contributed by atoms with E-state index < -0.39 is 0 Å². The molecule has 20 heavy (non-hydrogen) atoms. The lowest BCUT2D eigenvalue weighted by atomic mass is 10.2. The number of nitrogens with zero attached hydrogens (tertiary/aromatic N) is 2. The number of nitrogen functional groups attached to an aromatic ring is 1. The molecule has 0 aliphatic rings. The van der Waals surface area contributed by atoms with Crippen molar-refractivity contribution in [2.24, 2.45) is 0 Å². The van der Waals surface area contributed by atoms with Crippen molar-refractivity contribution in [3.63, 3.8) is 0 Å². The summed E-state index contributed by atoms with van der Waals surface area (Å²) in [6, 6.07) is 13.0. The highest BCUT2D eigenvalue weighted by atomic mass is 35.5. The molecule has 0 fully saturated rings. The van der Waals surface area contributed by atoms with Crippen molar-refractivity contribution in [1.29, 1.82) is 5.26 Å². The summed E-state index contributed by atoms with van der Waals surface area (Å²) in [4.78, 5) is 5.34. The van der Waals surface area contributed by atoms with Crippen LogP contribution in [-0.2, 0) is 0 Å². The first-order chi connectivity index (χ1) is 9.65. The summed E-state index contributed by atoms with van der Waals surface area (Å²) in [5.41, 5.74) is 7.99. The number of benzene rings is 2. The maximum absolute atomic E-state index is 9.12. The molecule has 2 aromatic carbocycles. The van der Waals surface area contributed by atoms with Gasteiger partial charge in [-0.25, -0.2) is 4.98 Å². The van der Waals surface area contributed by atoms with E-state index in [0.29, 0.717) is 10.6 Å². The molecule has 3 aromatic rings. The second-order valence-electron chi connectivity index (χ2n) is 4.06. The van der Waals surface area contributed by atoms with Crippen LogP contribution in [0.5, 0.6) is 0 Å². The lowest BCUT2D eigenvalue weighted by Crippen LogP contribution is -1.81. The van der Waals surface area contributed by atoms with Gasteiger partial charge in [-0.2, -0.15) is 5.26 Å². The van der Waals surface area contributed by atoms with Gasteiger partial charge in [-0.05, 0) is 36.4 Å². The van der Waals surface area contributed by atoms with Crippen molar-refractivity contribution in [2.75, 3.05) is 5.73 Å². The molecule has 3 nitrogen and oxygen atoms in total. The molecule has 0 spiro atoms. The molecule has 6 heteroatoms. The van der Waals surface area contributed by atoms with Gasteiger partial charge >= 0.3 is 0 Å². The van der Waals surface area contributed by atoms with E-state index in [-0.39, 0.29) is 0 Å². The number of anilines is 1. The summed E-state index contributed by atoms with van der Waals surface area (Å²) in [5.74, 6) is 0. The van der Waals surface area contributed by atoms with Crippen LogP contribution in [0.1, 0.15) is 5.56 Å². The summed E-state index contributed by atoms with van der Waals surface area (Å²) >= 11 is 8.98. The smallest absolute Gasteiger partial charge is 0.155 e. The van der Waals surface area contributed by atoms with Crippen molar-refractivity contribution in [3.8, 4) is 6.07 Å². The Labute approximate surface area is 129 Å². The minimum absolute atomic E-state index is 0.596. The zero-order chi connectivity index (χ0) is 14.1. The highest BCUT2D eigenvalue weighted by molar-refractivity contribution is 8.01. The van der Waals surface area contributed by atoms with Gasteiger partial charge < -0.3 is 5.73 Å². The van der Waals surface area contributed by atoms with E-state index in [4.69, 9.17) is 22.6 Å². The molecule has 0 bridgehead atoms. The van der Waals surface area contributed by atoms with Crippen LogP contribution in [-0.4, -0.2) is 4.98 Å². The first-order valence-electron chi connectivity index (χ1n) is 5.69. The van der Waals surface area contributed by atoms with Gasteiger partial charge in [0.1, 0.15) is 6.07 Å². The summed E-state index contributed by atoms with van der Waals surface area (Å²) < 4.78 is 1.90. The topological polar surface area (TPSA) is 62.7 Å². The number of thiazole rings is 1. The Morgan fingerprint density at radius 2 is 2.10 bits per heavy atom. The summed E-state index contributed by atoms with van der Waals surface area (Å²) in [6.45, 7) is 0. The maximum Gasteiger partial charge on any atom is 0.155 e. The van der Waals surface area contributed by atoms with Gasteiger partial charge in [-0.3, -0.25) is 0 Å². The average molecular weight is 318 g/mol. The van der Waals surface area contributed by atoms with E-state index in [1.165, 1.54) is 11.8 Å². The largest absolute Gasteiger partial charge is 0.399 e. The first kappa shape index (κ1) is 13.3. The standard InChI is InChI=1S/C14H8ClN3S2/c15-9-2-1-8(7-16)12(5-9)19-14-18-11-4-3-10(17)6-13(11)20-14/h1-6H,17H2. The third kappa shape index (κ3) is 2.59. The molecule has 98 valence electrons. The molecular formula is C14H8ClN3S2. The highest BCUT2D eigenvalue weighted by Gasteiger charge is 2.10. The number of nitriles is 1. The van der Waals surface area contributed by atoms with Crippen LogP contribution in [0.4, 0.5) is 5.69 Å². The fourth-order valence-electron chi connectivity index (χ4n) is 1.73. The normalized spacial score (nSPS) is 10.6. The third-order valence-electron chi connectivity index (χ3n) is 2.65. The van der Waals surface area contributed by atoms with Crippen LogP contribution in [0, 0.1) is 11.3 Å². The van der Waals surface area contributed by atoms with Crippen LogP contribution in [0.25, 0.3) is 10.2 Å². The molecule has 0 amide bonds. The molecule has 0 atom stereocenters. The number of halogens is 1. The average Bonchev–Trinajstić information content (AvgIpc) is 2.80. The Morgan fingerprint density at radius 1 is 1.25 bits per heavy atom. The summed E-state index contributed by atoms with van der Waals surface area (Å²) in [7, 11) is 0. The summed E-state index contributed by atoms with van der Waals surface area (Å²) in [5, 5.41) is 9.73. The predicted octanol–water partition coefficient (Wildman–Crippen LogP) is 4.55. The minimum atomic E-state index is 0.596. The van der Waals surface area contributed by atoms with Crippen molar-refractivity contribution < 1.29 is 0 Å². The quantitative estimate of drug-likeness (QED) is 0.704. The number of aromatic nitrogens is 1. The number of hydrogen-bond acceptors (Lipinski definition) is 5. The SMILES string of the molecule is N#Cc1ccc(Cl)cc1Sc1nc2ccc(N)cc2s1. The van der Waals surface area contributed by atoms with E-state index in [1.54, 1.807) is 29.5 Å². The van der Waals surface area contributed by atoms with Gasteiger partial charge in [-0.15, -0.1) is 11.3 Å². The zero-order valence-electron chi connectivity index (χ0n) is 10.1. The number of nitrogens with two attached hydrogens (primary N) is 1. The van der Waals surface area contributed by atoms with Gasteiger partial charge in [0.25, 0.3) is 0 Å². The molecule has 0 saturated heterocycles. The van der Waals surface area contributed by atoms with Crippen LogP contribution in [0.2, 0.25) is 5.02 Å². The Hall–Kier alpha value is -1.74. The fraction of sp³-hybridized carbons (Fsp3) is 0. The van der Waals surface area contributed by atoms with E-state index >= 15 is 0 Å². The van der Waals surface area contributed by atoms with Gasteiger partial charge in [0, 0.05) is 15.6 Å². The van der Waals surface area contributed by atoms with Gasteiger partial charge in [0.15, 0.2) is 4.34 Å². The van der Waals surface area contributed by atoms with Crippen LogP contribution in [0.3, 0.4) is 0 Å². The molecule has 0 radical (unpaired) electrons. The Kier molecular flexibility index (Phi) is 3.53. The van der Waals surface area contributed by atoms with Crippen molar-refractivity contribution in [2.45, 2.75) is 9.24 Å². The highest BCUT2D eigenvalue weighted by Crippen LogP contribution is 2.37. The number of rotatable bonds is 2. The molecule has 0 unspecified atom stereocenters. The molecule has 1 heterocycles. The minimum Gasteiger partial charge on any atom is -0.399 e. The Balaban J connectivity index is 2.01. The zero-order valence-corrected chi connectivity index (χ0v) is 12.5. The Morgan fingerprint density at radius 3 is 2.90 bits per heavy atom. The van der Waals surface area contributed by atoms with E-state index in [0.717, 1.165) is 25.1 Å². The monoisotopic (exact) mass is 317 g/mol. The summed E-state index contributed by atoms with van der Waals surface area (Å²) in [6.07, 6.45) is 0. The van der Waals surface area contributed by atoms with Crippen molar-refractivity contribution in [3.05, 3.63) is 47.0 Å². The molecule has 0 aliphatic carbocycles. The first-order valence-corrected chi connectivity index (χ1v) is 7.70. The fourth-order valence-corrected chi connectivity index (χ4v) is 4.16. The second-order valence-corrected chi connectivity index (χ2v) is 6.82. The molecule has 3 rings (SSSR count). The van der Waals surface area contributed by atoms with Crippen LogP contribution < -0.4 is 5.73 Å². The van der Waals surface area contributed by atoms with Crippen molar-refractivity contribution in [1.82, 2.24) is 4.98 Å². The van der Waals surface area contributed by atoms with E-state index in [2.05, 4.69) is 11.1 Å². The second kappa shape index (κ2) is 5.33. The van der Waals surface area contributed by atoms with E-state index in [1.807, 2.05) is 18.2 Å². The lowest BCUT2D eigenvalue weighted by Gasteiger charge is -2.01. The lowest BCUT2D eigenvalue weighted by molar-refractivity contribution is 1.28. The molecule has 0 saturated carbocycles. The molecular weight excluding hydrogens is 310 g/mol. The number of hydrogen-bond donors (Lipinski definition) is 1. The predicted molar refractivity (Wildman–Crippen MR) is 84.3 cm³/mol. The third-order valence-corrected chi connectivity index (χ3v) is 5.03. The number of fused-ring (bicyclic) bond motifs is 1. The molecule has 2 N–H and O–H groups in total.